The highest BCUT2D eigenvalue weighted by Crippen LogP contribution is 2.32. The molecule has 0 radical (unpaired) electrons. The van der Waals surface area contributed by atoms with Gasteiger partial charge in [-0.25, -0.2) is 4.79 Å². The molecule has 0 aromatic rings. The Bertz CT molecular complexity index is 434. The van der Waals surface area contributed by atoms with Gasteiger partial charge in [0.05, 0.1) is 12.1 Å². The fourth-order valence-electron chi connectivity index (χ4n) is 3.28. The van der Waals surface area contributed by atoms with Gasteiger partial charge >= 0.3 is 6.09 Å². The van der Waals surface area contributed by atoms with Crippen molar-refractivity contribution in [3.05, 3.63) is 0 Å². The van der Waals surface area contributed by atoms with Crippen LogP contribution in [0.3, 0.4) is 0 Å². The molecule has 22 heavy (non-hydrogen) atoms. The van der Waals surface area contributed by atoms with Gasteiger partial charge in [0.2, 0.25) is 5.91 Å². The molecule has 0 aliphatic carbocycles. The van der Waals surface area contributed by atoms with E-state index in [4.69, 9.17) is 4.74 Å². The van der Waals surface area contributed by atoms with E-state index in [1.54, 1.807) is 0 Å². The Morgan fingerprint density at radius 1 is 1.00 bits per heavy atom. The fourth-order valence-corrected chi connectivity index (χ4v) is 3.28. The highest BCUT2D eigenvalue weighted by atomic mass is 16.6. The van der Waals surface area contributed by atoms with Crippen LogP contribution in [0.5, 0.6) is 0 Å². The molecule has 2 atom stereocenters. The van der Waals surface area contributed by atoms with E-state index < -0.39 is 5.60 Å². The van der Waals surface area contributed by atoms with Crippen LogP contribution in [0.25, 0.3) is 0 Å². The fraction of sp³-hybridized carbons (Fsp3) is 0.882. The Balaban J connectivity index is 2.00. The molecule has 126 valence electrons. The lowest BCUT2D eigenvalue weighted by atomic mass is 9.91. The lowest BCUT2D eigenvalue weighted by Gasteiger charge is -2.42. The largest absolute Gasteiger partial charge is 0.444 e. The molecule has 0 aromatic carbocycles. The second-order valence-corrected chi connectivity index (χ2v) is 8.81. The van der Waals surface area contributed by atoms with E-state index in [1.165, 1.54) is 0 Å². The zero-order valence-electron chi connectivity index (χ0n) is 14.8. The molecule has 0 saturated carbocycles. The van der Waals surface area contributed by atoms with Crippen molar-refractivity contribution in [3.8, 4) is 0 Å². The van der Waals surface area contributed by atoms with Crippen molar-refractivity contribution in [1.82, 2.24) is 9.80 Å². The minimum Gasteiger partial charge on any atom is -0.444 e. The van der Waals surface area contributed by atoms with E-state index in [0.29, 0.717) is 19.5 Å². The summed E-state index contributed by atoms with van der Waals surface area (Å²) in [6.45, 7) is 13.2. The summed E-state index contributed by atoms with van der Waals surface area (Å²) in [7, 11) is 0. The van der Waals surface area contributed by atoms with Crippen molar-refractivity contribution in [2.24, 2.45) is 5.41 Å². The summed E-state index contributed by atoms with van der Waals surface area (Å²) in [5.41, 5.74) is -0.478. The summed E-state index contributed by atoms with van der Waals surface area (Å²) in [6, 6.07) is 0.218. The Morgan fingerprint density at radius 3 is 1.91 bits per heavy atom. The van der Waals surface area contributed by atoms with Gasteiger partial charge in [0.15, 0.2) is 0 Å². The van der Waals surface area contributed by atoms with E-state index >= 15 is 0 Å². The van der Waals surface area contributed by atoms with Crippen LogP contribution in [0.4, 0.5) is 4.79 Å². The van der Waals surface area contributed by atoms with Gasteiger partial charge in [-0.05, 0) is 39.0 Å². The number of nitrogens with zero attached hydrogens (tertiary/aromatic N) is 2. The Hall–Kier alpha value is -1.26. The minimum absolute atomic E-state index is 0.00156. The van der Waals surface area contributed by atoms with E-state index in [9.17, 15) is 9.59 Å². The van der Waals surface area contributed by atoms with Gasteiger partial charge in [-0.1, -0.05) is 20.8 Å². The van der Waals surface area contributed by atoms with Crippen LogP contribution in [0.1, 0.15) is 60.8 Å². The first-order valence-corrected chi connectivity index (χ1v) is 8.25. The van der Waals surface area contributed by atoms with Crippen molar-refractivity contribution in [1.29, 1.82) is 0 Å². The molecular weight excluding hydrogens is 280 g/mol. The van der Waals surface area contributed by atoms with Crippen LogP contribution in [0.2, 0.25) is 0 Å². The highest BCUT2D eigenvalue weighted by molar-refractivity contribution is 5.78. The molecular formula is C17H30N2O3. The van der Waals surface area contributed by atoms with Crippen molar-refractivity contribution < 1.29 is 14.3 Å². The number of amides is 2. The molecule has 0 aromatic heterocycles. The van der Waals surface area contributed by atoms with Crippen LogP contribution in [-0.2, 0) is 9.53 Å². The molecule has 2 rings (SSSR count). The summed E-state index contributed by atoms with van der Waals surface area (Å²) < 4.78 is 5.52. The first-order valence-electron chi connectivity index (χ1n) is 8.25. The number of hydrogen-bond acceptors (Lipinski definition) is 3. The molecule has 2 aliphatic heterocycles. The topological polar surface area (TPSA) is 49.9 Å². The molecule has 2 heterocycles. The minimum atomic E-state index is -0.476. The van der Waals surface area contributed by atoms with Gasteiger partial charge in [-0.15, -0.1) is 0 Å². The Morgan fingerprint density at radius 2 is 1.50 bits per heavy atom. The lowest BCUT2D eigenvalue weighted by Crippen LogP contribution is -2.58. The van der Waals surface area contributed by atoms with E-state index in [2.05, 4.69) is 20.8 Å². The van der Waals surface area contributed by atoms with Crippen LogP contribution < -0.4 is 0 Å². The number of piperazine rings is 1. The number of carbonyl (C=O) groups is 2. The zero-order chi connectivity index (χ0) is 16.7. The van der Waals surface area contributed by atoms with Gasteiger partial charge in [0, 0.05) is 19.5 Å². The highest BCUT2D eigenvalue weighted by Gasteiger charge is 2.45. The number of rotatable bonds is 1. The first kappa shape index (κ1) is 17.1. The number of carbonyl (C=O) groups excluding carboxylic acids is 2. The lowest BCUT2D eigenvalue weighted by molar-refractivity contribution is -0.136. The molecule has 2 bridgehead atoms. The normalized spacial score (nSPS) is 25.4. The van der Waals surface area contributed by atoms with Crippen LogP contribution >= 0.6 is 0 Å². The second kappa shape index (κ2) is 5.74. The second-order valence-electron chi connectivity index (χ2n) is 8.81. The average Bonchev–Trinajstić information content (AvgIpc) is 2.56. The third-order valence-corrected chi connectivity index (χ3v) is 4.12. The molecule has 5 nitrogen and oxygen atoms in total. The summed E-state index contributed by atoms with van der Waals surface area (Å²) in [6.07, 6.45) is 2.24. The van der Waals surface area contributed by atoms with Gasteiger partial charge in [0.25, 0.3) is 0 Å². The first-order chi connectivity index (χ1) is 9.96. The monoisotopic (exact) mass is 310 g/mol. The maximum Gasteiger partial charge on any atom is 0.410 e. The average molecular weight is 310 g/mol. The Kier molecular flexibility index (Phi) is 4.46. The van der Waals surface area contributed by atoms with Gasteiger partial charge in [-0.3, -0.25) is 9.69 Å². The summed E-state index contributed by atoms with van der Waals surface area (Å²) in [5.74, 6) is 0.202. The molecule has 2 fully saturated rings. The predicted octanol–water partition coefficient (Wildman–Crippen LogP) is 3.03. The maximum absolute atomic E-state index is 12.4. The number of fused-ring (bicyclic) bond motifs is 2. The van der Waals surface area contributed by atoms with E-state index in [-0.39, 0.29) is 29.5 Å². The number of ether oxygens (including phenoxy) is 1. The number of hydrogen-bond donors (Lipinski definition) is 0. The van der Waals surface area contributed by atoms with E-state index in [1.807, 2.05) is 30.6 Å². The predicted molar refractivity (Wildman–Crippen MR) is 85.5 cm³/mol. The molecule has 0 N–H and O–H groups in total. The quantitative estimate of drug-likeness (QED) is 0.748. The Labute approximate surface area is 134 Å². The summed E-state index contributed by atoms with van der Waals surface area (Å²) >= 11 is 0. The van der Waals surface area contributed by atoms with E-state index in [0.717, 1.165) is 12.8 Å². The molecule has 5 heteroatoms. The third kappa shape index (κ3) is 4.14. The molecule has 2 amide bonds. The molecule has 2 saturated heterocycles. The van der Waals surface area contributed by atoms with Crippen LogP contribution in [-0.4, -0.2) is 52.6 Å². The van der Waals surface area contributed by atoms with Crippen molar-refractivity contribution in [2.45, 2.75) is 78.5 Å². The smallest absolute Gasteiger partial charge is 0.410 e. The summed E-state index contributed by atoms with van der Waals surface area (Å²) in [5, 5.41) is 0. The number of likely N-dealkylation sites (tertiary alicyclic amines) is 1. The van der Waals surface area contributed by atoms with Crippen molar-refractivity contribution in [3.63, 3.8) is 0 Å². The van der Waals surface area contributed by atoms with Crippen LogP contribution in [0.15, 0.2) is 0 Å². The van der Waals surface area contributed by atoms with Gasteiger partial charge in [-0.2, -0.15) is 0 Å². The van der Waals surface area contributed by atoms with Gasteiger partial charge in [0.1, 0.15) is 5.60 Å². The molecule has 2 unspecified atom stereocenters. The van der Waals surface area contributed by atoms with Crippen molar-refractivity contribution >= 4 is 12.0 Å². The maximum atomic E-state index is 12.4. The zero-order valence-corrected chi connectivity index (χ0v) is 14.8. The van der Waals surface area contributed by atoms with Crippen molar-refractivity contribution in [2.75, 3.05) is 13.1 Å². The van der Waals surface area contributed by atoms with Crippen LogP contribution in [0, 0.1) is 5.41 Å². The van der Waals surface area contributed by atoms with Gasteiger partial charge < -0.3 is 9.64 Å². The standard InChI is InChI=1S/C17H30N2O3/c1-16(2,3)9-14(20)18-10-12-7-8-13(11-18)19(12)15(21)22-17(4,5)6/h12-13H,7-11H2,1-6H3. The molecule has 2 aliphatic rings. The third-order valence-electron chi connectivity index (χ3n) is 4.12. The SMILES string of the molecule is CC(C)(C)CC(=O)N1CC2CCC(C1)N2C(=O)OC(C)(C)C. The molecule has 0 spiro atoms. The summed E-state index contributed by atoms with van der Waals surface area (Å²) in [4.78, 5) is 28.6.